The molecule has 142 valence electrons. The van der Waals surface area contributed by atoms with Crippen molar-refractivity contribution in [1.82, 2.24) is 15.6 Å². The fourth-order valence-corrected chi connectivity index (χ4v) is 3.41. The lowest BCUT2D eigenvalue weighted by Gasteiger charge is -2.14. The molecule has 7 heteroatoms. The Balaban J connectivity index is 1.58. The molecule has 0 radical (unpaired) electrons. The minimum Gasteiger partial charge on any atom is -0.379 e. The molecule has 0 aromatic carbocycles. The normalized spacial score (nSPS) is 18.6. The summed E-state index contributed by atoms with van der Waals surface area (Å²) in [6, 6.07) is 0. The predicted molar refractivity (Wildman–Crippen MR) is 103 cm³/mol. The molecule has 25 heavy (non-hydrogen) atoms. The summed E-state index contributed by atoms with van der Waals surface area (Å²) in [7, 11) is 1.78. The lowest BCUT2D eigenvalue weighted by atomic mass is 9.98. The lowest BCUT2D eigenvalue weighted by molar-refractivity contribution is 0.0168. The van der Waals surface area contributed by atoms with Crippen molar-refractivity contribution in [1.29, 1.82) is 0 Å². The van der Waals surface area contributed by atoms with Crippen LogP contribution in [0.5, 0.6) is 0 Å². The Kier molecular flexibility index (Phi) is 8.12. The number of hydrogen-bond donors (Lipinski definition) is 2. The largest absolute Gasteiger partial charge is 0.379 e. The van der Waals surface area contributed by atoms with E-state index < -0.39 is 0 Å². The van der Waals surface area contributed by atoms with Crippen LogP contribution in [0, 0.1) is 0 Å². The quantitative estimate of drug-likeness (QED) is 0.419. The number of aromatic nitrogens is 1. The Morgan fingerprint density at radius 1 is 1.44 bits per heavy atom. The standard InChI is InChI=1S/C18H32N4O2S/c1-18(2,3)16-22-14(13-25-16)11-21-17(19-4)20-8-6-9-23-12-15-7-5-10-24-15/h13,15H,5-12H2,1-4H3,(H2,19,20,21). The number of nitrogens with zero attached hydrogens (tertiary/aromatic N) is 2. The van der Waals surface area contributed by atoms with Gasteiger partial charge in [0, 0.05) is 37.6 Å². The van der Waals surface area contributed by atoms with Crippen LogP contribution in [0.2, 0.25) is 0 Å². The van der Waals surface area contributed by atoms with E-state index in [0.717, 1.165) is 55.7 Å². The van der Waals surface area contributed by atoms with E-state index in [2.05, 4.69) is 46.8 Å². The van der Waals surface area contributed by atoms with Gasteiger partial charge in [0.2, 0.25) is 0 Å². The van der Waals surface area contributed by atoms with Crippen LogP contribution in [0.15, 0.2) is 10.4 Å². The number of nitrogens with one attached hydrogen (secondary N) is 2. The van der Waals surface area contributed by atoms with Gasteiger partial charge in [0.25, 0.3) is 0 Å². The molecule has 0 bridgehead atoms. The molecular weight excluding hydrogens is 336 g/mol. The fraction of sp³-hybridized carbons (Fsp3) is 0.778. The van der Waals surface area contributed by atoms with Gasteiger partial charge in [-0.1, -0.05) is 20.8 Å². The average Bonchev–Trinajstić information content (AvgIpc) is 3.24. The van der Waals surface area contributed by atoms with Gasteiger partial charge >= 0.3 is 0 Å². The summed E-state index contributed by atoms with van der Waals surface area (Å²) in [5.41, 5.74) is 1.16. The van der Waals surface area contributed by atoms with Crippen LogP contribution in [0.1, 0.15) is 50.7 Å². The highest BCUT2D eigenvalue weighted by atomic mass is 32.1. The molecule has 1 aromatic rings. The molecule has 0 aliphatic carbocycles. The third kappa shape index (κ3) is 7.30. The van der Waals surface area contributed by atoms with Crippen molar-refractivity contribution in [3.63, 3.8) is 0 Å². The summed E-state index contributed by atoms with van der Waals surface area (Å²) < 4.78 is 11.2. The first-order valence-electron chi connectivity index (χ1n) is 9.08. The first-order chi connectivity index (χ1) is 12.0. The number of guanidine groups is 1. The van der Waals surface area contributed by atoms with Crippen LogP contribution in [-0.4, -0.2) is 50.5 Å². The van der Waals surface area contributed by atoms with Gasteiger partial charge in [-0.05, 0) is 19.3 Å². The van der Waals surface area contributed by atoms with E-state index in [1.165, 1.54) is 0 Å². The van der Waals surface area contributed by atoms with Crippen molar-refractivity contribution in [2.75, 3.05) is 33.4 Å². The molecule has 2 rings (SSSR count). The Hall–Kier alpha value is -1.18. The van der Waals surface area contributed by atoms with Crippen molar-refractivity contribution >= 4 is 17.3 Å². The Bertz CT molecular complexity index is 533. The molecule has 0 amide bonds. The molecule has 0 spiro atoms. The molecule has 1 atom stereocenters. The van der Waals surface area contributed by atoms with E-state index in [1.807, 2.05) is 0 Å². The predicted octanol–water partition coefficient (Wildman–Crippen LogP) is 2.69. The highest BCUT2D eigenvalue weighted by Gasteiger charge is 2.18. The first kappa shape index (κ1) is 20.1. The number of hydrogen-bond acceptors (Lipinski definition) is 5. The summed E-state index contributed by atoms with van der Waals surface area (Å²) in [4.78, 5) is 8.94. The van der Waals surface area contributed by atoms with Crippen LogP contribution in [-0.2, 0) is 21.4 Å². The highest BCUT2D eigenvalue weighted by molar-refractivity contribution is 7.09. The second kappa shape index (κ2) is 10.1. The van der Waals surface area contributed by atoms with E-state index in [0.29, 0.717) is 19.3 Å². The summed E-state index contributed by atoms with van der Waals surface area (Å²) >= 11 is 1.71. The zero-order valence-electron chi connectivity index (χ0n) is 15.9. The van der Waals surface area contributed by atoms with Crippen molar-refractivity contribution in [2.45, 2.75) is 58.1 Å². The third-order valence-corrected chi connectivity index (χ3v) is 5.26. The molecule has 2 N–H and O–H groups in total. The molecule has 1 unspecified atom stereocenters. The van der Waals surface area contributed by atoms with Gasteiger partial charge in [0.05, 0.1) is 30.0 Å². The maximum atomic E-state index is 5.66. The molecule has 1 aliphatic heterocycles. The van der Waals surface area contributed by atoms with Crippen molar-refractivity contribution < 1.29 is 9.47 Å². The van der Waals surface area contributed by atoms with Crippen LogP contribution in [0.4, 0.5) is 0 Å². The number of rotatable bonds is 8. The van der Waals surface area contributed by atoms with Crippen LogP contribution >= 0.6 is 11.3 Å². The van der Waals surface area contributed by atoms with Gasteiger partial charge in [-0.25, -0.2) is 4.98 Å². The van der Waals surface area contributed by atoms with Crippen LogP contribution < -0.4 is 10.6 Å². The maximum absolute atomic E-state index is 5.66. The molecular formula is C18H32N4O2S. The van der Waals surface area contributed by atoms with Gasteiger partial charge in [-0.15, -0.1) is 11.3 Å². The molecule has 0 saturated carbocycles. The molecule has 1 fully saturated rings. The summed E-state index contributed by atoms with van der Waals surface area (Å²) in [6.07, 6.45) is 3.53. The Labute approximate surface area is 155 Å². The van der Waals surface area contributed by atoms with Gasteiger partial charge in [0.15, 0.2) is 5.96 Å². The molecule has 6 nitrogen and oxygen atoms in total. The monoisotopic (exact) mass is 368 g/mol. The summed E-state index contributed by atoms with van der Waals surface area (Å²) in [5, 5.41) is 9.89. The highest BCUT2D eigenvalue weighted by Crippen LogP contribution is 2.25. The number of aliphatic imine (C=N–C) groups is 1. The SMILES string of the molecule is CN=C(NCCCOCC1CCCO1)NCc1csc(C(C)(C)C)n1. The minimum absolute atomic E-state index is 0.104. The summed E-state index contributed by atoms with van der Waals surface area (Å²) in [6.45, 7) is 10.4. The average molecular weight is 369 g/mol. The molecule has 1 saturated heterocycles. The Morgan fingerprint density at radius 2 is 2.28 bits per heavy atom. The smallest absolute Gasteiger partial charge is 0.191 e. The topological polar surface area (TPSA) is 67.8 Å². The Morgan fingerprint density at radius 3 is 2.92 bits per heavy atom. The van der Waals surface area contributed by atoms with E-state index in [1.54, 1.807) is 18.4 Å². The van der Waals surface area contributed by atoms with Gasteiger partial charge in [-0.2, -0.15) is 0 Å². The molecule has 1 aromatic heterocycles. The van der Waals surface area contributed by atoms with Gasteiger partial charge in [0.1, 0.15) is 0 Å². The van der Waals surface area contributed by atoms with Crippen LogP contribution in [0.25, 0.3) is 0 Å². The van der Waals surface area contributed by atoms with Crippen LogP contribution in [0.3, 0.4) is 0 Å². The molecule has 2 heterocycles. The maximum Gasteiger partial charge on any atom is 0.191 e. The second-order valence-corrected chi connectivity index (χ2v) is 8.17. The number of ether oxygens (including phenoxy) is 2. The van der Waals surface area contributed by atoms with E-state index in [9.17, 15) is 0 Å². The van der Waals surface area contributed by atoms with Crippen molar-refractivity contribution in [3.05, 3.63) is 16.1 Å². The van der Waals surface area contributed by atoms with E-state index >= 15 is 0 Å². The third-order valence-electron chi connectivity index (χ3n) is 3.94. The molecule has 1 aliphatic rings. The number of thiazole rings is 1. The van der Waals surface area contributed by atoms with Gasteiger partial charge < -0.3 is 20.1 Å². The van der Waals surface area contributed by atoms with Crippen molar-refractivity contribution in [2.24, 2.45) is 4.99 Å². The van der Waals surface area contributed by atoms with Crippen molar-refractivity contribution in [3.8, 4) is 0 Å². The second-order valence-electron chi connectivity index (χ2n) is 7.31. The first-order valence-corrected chi connectivity index (χ1v) is 9.96. The van der Waals surface area contributed by atoms with E-state index in [4.69, 9.17) is 9.47 Å². The summed E-state index contributed by atoms with van der Waals surface area (Å²) in [5.74, 6) is 0.796. The van der Waals surface area contributed by atoms with Gasteiger partial charge in [-0.3, -0.25) is 4.99 Å². The zero-order chi connectivity index (χ0) is 18.1. The lowest BCUT2D eigenvalue weighted by Crippen LogP contribution is -2.37. The fourth-order valence-electron chi connectivity index (χ4n) is 2.50. The van der Waals surface area contributed by atoms with E-state index in [-0.39, 0.29) is 5.41 Å². The minimum atomic E-state index is 0.104. The zero-order valence-corrected chi connectivity index (χ0v) is 16.7.